The minimum Gasteiger partial charge on any atom is -0.244 e. The first-order valence-corrected chi connectivity index (χ1v) is 16.9. The molecule has 6 heteroatoms. The van der Waals surface area contributed by atoms with Crippen molar-refractivity contribution in [1.82, 2.24) is 29.9 Å². The fourth-order valence-electron chi connectivity index (χ4n) is 5.98. The van der Waals surface area contributed by atoms with Gasteiger partial charge >= 0.3 is 0 Å². The smallest absolute Gasteiger partial charge is 0.160 e. The van der Waals surface area contributed by atoms with Crippen molar-refractivity contribution in [3.63, 3.8) is 0 Å². The first kappa shape index (κ1) is 32.7. The van der Waals surface area contributed by atoms with E-state index >= 15 is 0 Å². The van der Waals surface area contributed by atoms with Crippen LogP contribution in [0.1, 0.15) is 52.7 Å². The van der Waals surface area contributed by atoms with E-state index in [1.54, 1.807) is 12.7 Å². The Balaban J connectivity index is 1.38. The highest BCUT2D eigenvalue weighted by Crippen LogP contribution is 2.36. The lowest BCUT2D eigenvalue weighted by molar-refractivity contribution is 0.569. The molecular formula is C44H40N6. The average molecular weight is 653 g/mol. The van der Waals surface area contributed by atoms with Gasteiger partial charge in [0.2, 0.25) is 0 Å². The molecule has 0 aliphatic carbocycles. The van der Waals surface area contributed by atoms with E-state index in [9.17, 15) is 0 Å². The molecule has 0 atom stereocenters. The van der Waals surface area contributed by atoms with E-state index in [2.05, 4.69) is 146 Å². The fraction of sp³-hybridized carbons (Fsp3) is 0.182. The highest BCUT2D eigenvalue weighted by molar-refractivity contribution is 5.79. The number of rotatable bonds is 6. The third-order valence-electron chi connectivity index (χ3n) is 8.95. The molecule has 0 aliphatic rings. The molecule has 7 rings (SSSR count). The van der Waals surface area contributed by atoms with Gasteiger partial charge in [0.05, 0.1) is 11.4 Å². The maximum atomic E-state index is 5.20. The molecular weight excluding hydrogens is 613 g/mol. The van der Waals surface area contributed by atoms with Crippen molar-refractivity contribution >= 4 is 0 Å². The summed E-state index contributed by atoms with van der Waals surface area (Å²) in [5, 5.41) is 0. The summed E-state index contributed by atoms with van der Waals surface area (Å²) in [4.78, 5) is 27.3. The summed E-state index contributed by atoms with van der Waals surface area (Å²) in [6.45, 7) is 13.7. The summed E-state index contributed by atoms with van der Waals surface area (Å²) < 4.78 is 0. The van der Waals surface area contributed by atoms with Crippen LogP contribution in [-0.4, -0.2) is 29.9 Å². The Kier molecular flexibility index (Phi) is 8.62. The average Bonchev–Trinajstić information content (AvgIpc) is 3.14. The molecule has 0 aliphatic heterocycles. The van der Waals surface area contributed by atoms with Crippen LogP contribution in [0.3, 0.4) is 0 Å². The van der Waals surface area contributed by atoms with Crippen molar-refractivity contribution in [2.24, 2.45) is 0 Å². The van der Waals surface area contributed by atoms with E-state index in [1.165, 1.54) is 16.7 Å². The van der Waals surface area contributed by atoms with E-state index < -0.39 is 0 Å². The highest BCUT2D eigenvalue weighted by Gasteiger charge is 2.21. The lowest BCUT2D eigenvalue weighted by atomic mass is 9.79. The zero-order valence-corrected chi connectivity index (χ0v) is 29.4. The minimum absolute atomic E-state index is 0.0188. The monoisotopic (exact) mass is 652 g/mol. The van der Waals surface area contributed by atoms with Gasteiger partial charge in [0.25, 0.3) is 0 Å². The Morgan fingerprint density at radius 2 is 0.740 bits per heavy atom. The largest absolute Gasteiger partial charge is 0.244 e. The lowest BCUT2D eigenvalue weighted by Crippen LogP contribution is -2.16. The van der Waals surface area contributed by atoms with Gasteiger partial charge in [-0.3, -0.25) is 0 Å². The van der Waals surface area contributed by atoms with E-state index in [4.69, 9.17) is 9.97 Å². The van der Waals surface area contributed by atoms with E-state index in [-0.39, 0.29) is 10.8 Å². The van der Waals surface area contributed by atoms with Gasteiger partial charge in [0.15, 0.2) is 5.82 Å². The number of nitrogens with zero attached hydrogens (tertiary/aromatic N) is 6. The topological polar surface area (TPSA) is 77.3 Å². The van der Waals surface area contributed by atoms with Crippen LogP contribution in [0.4, 0.5) is 0 Å². The molecule has 0 radical (unpaired) electrons. The molecule has 4 aromatic carbocycles. The van der Waals surface area contributed by atoms with Crippen LogP contribution in [0.25, 0.3) is 67.3 Å². The summed E-state index contributed by atoms with van der Waals surface area (Å²) in [6.07, 6.45) is 10.4. The van der Waals surface area contributed by atoms with E-state index in [0.717, 1.165) is 55.9 Å². The standard InChI is InChI=1S/C44H40N6/c1-43(2,3)38-19-35(20-39(21-38)44(4,5)6)29-10-7-13-32(16-29)40-22-41(33-14-8-11-30(17-33)36-23-45-27-46-24-36)50-42(49-40)34-15-9-12-31(18-34)37-25-47-28-48-26-37/h7-28H,1-6H3. The summed E-state index contributed by atoms with van der Waals surface area (Å²) in [5.74, 6) is 0.639. The van der Waals surface area contributed by atoms with Crippen LogP contribution in [0, 0.1) is 0 Å². The van der Waals surface area contributed by atoms with Crippen molar-refractivity contribution in [3.05, 3.63) is 146 Å². The second kappa shape index (κ2) is 13.2. The predicted molar refractivity (Wildman–Crippen MR) is 203 cm³/mol. The summed E-state index contributed by atoms with van der Waals surface area (Å²) in [7, 11) is 0. The van der Waals surface area contributed by atoms with Crippen molar-refractivity contribution < 1.29 is 0 Å². The van der Waals surface area contributed by atoms with Crippen molar-refractivity contribution in [2.45, 2.75) is 52.4 Å². The molecule has 3 heterocycles. The SMILES string of the molecule is CC(C)(C)c1cc(-c2cccc(-c3cc(-c4cccc(-c5cncnc5)c4)nc(-c4cccc(-c5cncnc5)c4)n3)c2)cc(C(C)(C)C)c1. The van der Waals surface area contributed by atoms with Gasteiger partial charge in [0, 0.05) is 52.6 Å². The third kappa shape index (κ3) is 7.10. The quantitative estimate of drug-likeness (QED) is 0.178. The van der Waals surface area contributed by atoms with Crippen molar-refractivity contribution in [2.75, 3.05) is 0 Å². The molecule has 50 heavy (non-hydrogen) atoms. The lowest BCUT2D eigenvalue weighted by Gasteiger charge is -2.26. The second-order valence-electron chi connectivity index (χ2n) is 14.8. The first-order valence-electron chi connectivity index (χ1n) is 16.9. The zero-order valence-electron chi connectivity index (χ0n) is 29.4. The van der Waals surface area contributed by atoms with Crippen LogP contribution in [0.15, 0.2) is 135 Å². The van der Waals surface area contributed by atoms with Gasteiger partial charge in [-0.15, -0.1) is 0 Å². The Hall–Kier alpha value is -5.88. The Morgan fingerprint density at radius 1 is 0.360 bits per heavy atom. The molecule has 3 aromatic heterocycles. The van der Waals surface area contributed by atoms with Crippen LogP contribution in [0.5, 0.6) is 0 Å². The molecule has 7 aromatic rings. The van der Waals surface area contributed by atoms with Gasteiger partial charge in [-0.25, -0.2) is 29.9 Å². The highest BCUT2D eigenvalue weighted by atomic mass is 14.9. The number of hydrogen-bond donors (Lipinski definition) is 0. The van der Waals surface area contributed by atoms with Gasteiger partial charge in [-0.1, -0.05) is 114 Å². The van der Waals surface area contributed by atoms with Gasteiger partial charge in [-0.05, 0) is 68.5 Å². The van der Waals surface area contributed by atoms with Gasteiger partial charge in [0.1, 0.15) is 12.7 Å². The second-order valence-corrected chi connectivity index (χ2v) is 14.8. The third-order valence-corrected chi connectivity index (χ3v) is 8.95. The van der Waals surface area contributed by atoms with Crippen molar-refractivity contribution in [1.29, 1.82) is 0 Å². The molecule has 0 unspecified atom stereocenters. The number of benzene rings is 4. The van der Waals surface area contributed by atoms with Crippen LogP contribution >= 0.6 is 0 Å². The predicted octanol–water partition coefficient (Wildman–Crippen LogP) is 10.7. The number of aromatic nitrogens is 6. The Labute approximate surface area is 294 Å². The summed E-state index contributed by atoms with van der Waals surface area (Å²) in [6, 6.07) is 34.4. The first-order chi connectivity index (χ1) is 24.0. The van der Waals surface area contributed by atoms with E-state index in [1.807, 2.05) is 36.9 Å². The van der Waals surface area contributed by atoms with Crippen molar-refractivity contribution in [3.8, 4) is 67.3 Å². The molecule has 0 bridgehead atoms. The Bertz CT molecular complexity index is 2150. The number of hydrogen-bond acceptors (Lipinski definition) is 6. The van der Waals surface area contributed by atoms with Gasteiger partial charge in [-0.2, -0.15) is 0 Å². The summed E-state index contributed by atoms with van der Waals surface area (Å²) >= 11 is 0. The van der Waals surface area contributed by atoms with Gasteiger partial charge < -0.3 is 0 Å². The Morgan fingerprint density at radius 3 is 1.18 bits per heavy atom. The summed E-state index contributed by atoms with van der Waals surface area (Å²) in [5.41, 5.74) is 13.5. The minimum atomic E-state index is 0.0188. The molecule has 0 saturated heterocycles. The maximum Gasteiger partial charge on any atom is 0.160 e. The fourth-order valence-corrected chi connectivity index (χ4v) is 5.98. The maximum absolute atomic E-state index is 5.20. The van der Waals surface area contributed by atoms with Crippen LogP contribution in [-0.2, 0) is 10.8 Å². The molecule has 0 amide bonds. The molecule has 6 nitrogen and oxygen atoms in total. The zero-order chi connectivity index (χ0) is 34.9. The van der Waals surface area contributed by atoms with E-state index in [0.29, 0.717) is 5.82 Å². The van der Waals surface area contributed by atoms with Crippen LogP contribution < -0.4 is 0 Å². The molecule has 0 saturated carbocycles. The van der Waals surface area contributed by atoms with Crippen LogP contribution in [0.2, 0.25) is 0 Å². The molecule has 0 fully saturated rings. The molecule has 0 N–H and O–H groups in total. The normalized spacial score (nSPS) is 11.8. The molecule has 246 valence electrons. The molecule has 0 spiro atoms.